The molecule has 4 rings (SSSR count). The lowest BCUT2D eigenvalue weighted by Crippen LogP contribution is -2.42. The zero-order chi connectivity index (χ0) is 16.5. The van der Waals surface area contributed by atoms with Gasteiger partial charge < -0.3 is 19.1 Å². The third kappa shape index (κ3) is 2.99. The zero-order valence-corrected chi connectivity index (χ0v) is 14.5. The predicted octanol–water partition coefficient (Wildman–Crippen LogP) is 3.39. The molecule has 24 heavy (non-hydrogen) atoms. The largest absolute Gasteiger partial charge is 0.454 e. The molecule has 124 valence electrons. The van der Waals surface area contributed by atoms with E-state index in [0.29, 0.717) is 36.8 Å². The number of carbonyl (C=O) groups excluding carboxylic acids is 1. The average Bonchev–Trinajstić information content (AvgIpc) is 3.09. The third-order valence-electron chi connectivity index (χ3n) is 4.19. The van der Waals surface area contributed by atoms with E-state index in [1.807, 2.05) is 29.2 Å². The average molecular weight is 390 g/mol. The van der Waals surface area contributed by atoms with Crippen LogP contribution in [0, 0.1) is 0 Å². The Kier molecular flexibility index (Phi) is 4.16. The maximum Gasteiger partial charge on any atom is 0.254 e. The summed E-state index contributed by atoms with van der Waals surface area (Å²) >= 11 is 3.48. The SMILES string of the molecule is O=C(c1ccc2c(c1)OCO2)N1CCOC(c2cccc(Br)c2)C1. The maximum absolute atomic E-state index is 12.8. The minimum Gasteiger partial charge on any atom is -0.454 e. The molecule has 0 aromatic heterocycles. The van der Waals surface area contributed by atoms with Crippen LogP contribution >= 0.6 is 15.9 Å². The van der Waals surface area contributed by atoms with Crippen LogP contribution in [0.4, 0.5) is 0 Å². The lowest BCUT2D eigenvalue weighted by Gasteiger charge is -2.33. The molecule has 2 aromatic carbocycles. The molecular weight excluding hydrogens is 374 g/mol. The third-order valence-corrected chi connectivity index (χ3v) is 4.69. The second-order valence-corrected chi connectivity index (χ2v) is 6.65. The molecule has 1 fully saturated rings. The van der Waals surface area contributed by atoms with E-state index in [1.54, 1.807) is 18.2 Å². The van der Waals surface area contributed by atoms with E-state index in [2.05, 4.69) is 15.9 Å². The number of ether oxygens (including phenoxy) is 3. The molecule has 1 unspecified atom stereocenters. The summed E-state index contributed by atoms with van der Waals surface area (Å²) in [5, 5.41) is 0. The Bertz CT molecular complexity index is 779. The smallest absolute Gasteiger partial charge is 0.254 e. The van der Waals surface area contributed by atoms with Gasteiger partial charge in [0.25, 0.3) is 5.91 Å². The lowest BCUT2D eigenvalue weighted by molar-refractivity contribution is -0.0228. The number of amides is 1. The fourth-order valence-corrected chi connectivity index (χ4v) is 3.37. The summed E-state index contributed by atoms with van der Waals surface area (Å²) in [6.45, 7) is 1.84. The van der Waals surface area contributed by atoms with E-state index >= 15 is 0 Å². The van der Waals surface area contributed by atoms with Crippen LogP contribution in [0.3, 0.4) is 0 Å². The fraction of sp³-hybridized carbons (Fsp3) is 0.278. The van der Waals surface area contributed by atoms with Crippen LogP contribution in [0.1, 0.15) is 22.0 Å². The quantitative estimate of drug-likeness (QED) is 0.789. The minimum atomic E-state index is -0.116. The van der Waals surface area contributed by atoms with Crippen LogP contribution in [0.2, 0.25) is 0 Å². The van der Waals surface area contributed by atoms with Crippen molar-refractivity contribution in [1.29, 1.82) is 0 Å². The highest BCUT2D eigenvalue weighted by Crippen LogP contribution is 2.33. The number of hydrogen-bond acceptors (Lipinski definition) is 4. The number of nitrogens with zero attached hydrogens (tertiary/aromatic N) is 1. The Morgan fingerprint density at radius 1 is 1.12 bits per heavy atom. The van der Waals surface area contributed by atoms with Crippen LogP contribution in [0.15, 0.2) is 46.9 Å². The summed E-state index contributed by atoms with van der Waals surface area (Å²) in [6.07, 6.45) is -0.116. The van der Waals surface area contributed by atoms with Gasteiger partial charge in [-0.05, 0) is 35.9 Å². The van der Waals surface area contributed by atoms with E-state index < -0.39 is 0 Å². The summed E-state index contributed by atoms with van der Waals surface area (Å²) in [6, 6.07) is 13.3. The van der Waals surface area contributed by atoms with Gasteiger partial charge in [-0.15, -0.1) is 0 Å². The molecule has 1 amide bonds. The van der Waals surface area contributed by atoms with Crippen molar-refractivity contribution in [3.05, 3.63) is 58.1 Å². The molecule has 6 heteroatoms. The molecule has 0 bridgehead atoms. The van der Waals surface area contributed by atoms with E-state index in [9.17, 15) is 4.79 Å². The molecule has 0 N–H and O–H groups in total. The number of benzene rings is 2. The number of fused-ring (bicyclic) bond motifs is 1. The van der Waals surface area contributed by atoms with E-state index in [-0.39, 0.29) is 18.8 Å². The van der Waals surface area contributed by atoms with Gasteiger partial charge in [0.2, 0.25) is 6.79 Å². The first kappa shape index (κ1) is 15.5. The van der Waals surface area contributed by atoms with Gasteiger partial charge in [-0.3, -0.25) is 4.79 Å². The van der Waals surface area contributed by atoms with Crippen molar-refractivity contribution in [3.8, 4) is 11.5 Å². The standard InChI is InChI=1S/C18H16BrNO4/c19-14-3-1-2-12(8-14)17-10-20(6-7-22-17)18(21)13-4-5-15-16(9-13)24-11-23-15/h1-5,8-9,17H,6-7,10-11H2. The number of rotatable bonds is 2. The van der Waals surface area contributed by atoms with Crippen molar-refractivity contribution in [2.45, 2.75) is 6.10 Å². The van der Waals surface area contributed by atoms with E-state index in [4.69, 9.17) is 14.2 Å². The van der Waals surface area contributed by atoms with Crippen molar-refractivity contribution in [1.82, 2.24) is 4.90 Å². The van der Waals surface area contributed by atoms with Crippen LogP contribution < -0.4 is 9.47 Å². The van der Waals surface area contributed by atoms with Gasteiger partial charge in [-0.1, -0.05) is 28.1 Å². The molecule has 2 aliphatic heterocycles. The number of hydrogen-bond donors (Lipinski definition) is 0. The van der Waals surface area contributed by atoms with Gasteiger partial charge in [0.1, 0.15) is 6.10 Å². The fourth-order valence-electron chi connectivity index (χ4n) is 2.95. The first-order valence-electron chi connectivity index (χ1n) is 7.77. The predicted molar refractivity (Wildman–Crippen MR) is 91.3 cm³/mol. The summed E-state index contributed by atoms with van der Waals surface area (Å²) in [5.41, 5.74) is 1.67. The van der Waals surface area contributed by atoms with Crippen molar-refractivity contribution < 1.29 is 19.0 Å². The van der Waals surface area contributed by atoms with Gasteiger partial charge in [0, 0.05) is 16.6 Å². The molecule has 2 aliphatic rings. The number of carbonyl (C=O) groups is 1. The monoisotopic (exact) mass is 389 g/mol. The van der Waals surface area contributed by atoms with Gasteiger partial charge in [-0.25, -0.2) is 0 Å². The van der Waals surface area contributed by atoms with Crippen LogP contribution in [-0.4, -0.2) is 37.3 Å². The van der Waals surface area contributed by atoms with Gasteiger partial charge in [-0.2, -0.15) is 0 Å². The van der Waals surface area contributed by atoms with Crippen molar-refractivity contribution >= 4 is 21.8 Å². The van der Waals surface area contributed by atoms with Crippen molar-refractivity contribution in [3.63, 3.8) is 0 Å². The Balaban J connectivity index is 1.52. The van der Waals surface area contributed by atoms with E-state index in [1.165, 1.54) is 0 Å². The highest BCUT2D eigenvalue weighted by atomic mass is 79.9. The van der Waals surface area contributed by atoms with Crippen LogP contribution in [-0.2, 0) is 4.74 Å². The second kappa shape index (κ2) is 6.45. The summed E-state index contributed by atoms with van der Waals surface area (Å²) in [5.74, 6) is 1.29. The van der Waals surface area contributed by atoms with Crippen LogP contribution in [0.5, 0.6) is 11.5 Å². The number of morpholine rings is 1. The summed E-state index contributed by atoms with van der Waals surface area (Å²) < 4.78 is 17.5. The Morgan fingerprint density at radius 2 is 2.00 bits per heavy atom. The highest BCUT2D eigenvalue weighted by molar-refractivity contribution is 9.10. The second-order valence-electron chi connectivity index (χ2n) is 5.73. The highest BCUT2D eigenvalue weighted by Gasteiger charge is 2.27. The molecule has 5 nitrogen and oxygen atoms in total. The molecular formula is C18H16BrNO4. The lowest BCUT2D eigenvalue weighted by atomic mass is 10.1. The molecule has 2 aromatic rings. The Labute approximate surface area is 148 Å². The molecule has 0 spiro atoms. The Morgan fingerprint density at radius 3 is 2.88 bits per heavy atom. The molecule has 0 radical (unpaired) electrons. The molecule has 0 saturated carbocycles. The number of halogens is 1. The van der Waals surface area contributed by atoms with Crippen LogP contribution in [0.25, 0.3) is 0 Å². The maximum atomic E-state index is 12.8. The Hall–Kier alpha value is -2.05. The van der Waals surface area contributed by atoms with Gasteiger partial charge >= 0.3 is 0 Å². The normalized spacial score (nSPS) is 19.4. The first-order valence-corrected chi connectivity index (χ1v) is 8.56. The zero-order valence-electron chi connectivity index (χ0n) is 12.9. The molecule has 1 saturated heterocycles. The molecule has 0 aliphatic carbocycles. The topological polar surface area (TPSA) is 48.0 Å². The van der Waals surface area contributed by atoms with Gasteiger partial charge in [0.05, 0.1) is 13.2 Å². The minimum absolute atomic E-state index is 0.0170. The first-order chi connectivity index (χ1) is 11.7. The molecule has 2 heterocycles. The van der Waals surface area contributed by atoms with Crippen molar-refractivity contribution in [2.75, 3.05) is 26.5 Å². The van der Waals surface area contributed by atoms with E-state index in [0.717, 1.165) is 10.0 Å². The molecule has 1 atom stereocenters. The summed E-state index contributed by atoms with van der Waals surface area (Å²) in [4.78, 5) is 14.6. The van der Waals surface area contributed by atoms with Gasteiger partial charge in [0.15, 0.2) is 11.5 Å². The van der Waals surface area contributed by atoms with Crippen molar-refractivity contribution in [2.24, 2.45) is 0 Å². The summed E-state index contributed by atoms with van der Waals surface area (Å²) in [7, 11) is 0.